The Bertz CT molecular complexity index is 996. The second-order valence-electron chi connectivity index (χ2n) is 7.33. The van der Waals surface area contributed by atoms with Crippen molar-refractivity contribution in [3.8, 4) is 11.5 Å². The molecule has 0 aliphatic carbocycles. The quantitative estimate of drug-likeness (QED) is 0.251. The molecule has 0 aromatic heterocycles. The lowest BCUT2D eigenvalue weighted by Crippen LogP contribution is -2.43. The van der Waals surface area contributed by atoms with Crippen LogP contribution in [0.2, 0.25) is 0 Å². The highest BCUT2D eigenvalue weighted by atomic mass is 79.9. The molecular weight excluding hydrogens is 548 g/mol. The molecule has 2 fully saturated rings. The van der Waals surface area contributed by atoms with Gasteiger partial charge >= 0.3 is 5.97 Å². The maximum absolute atomic E-state index is 12.8. The fourth-order valence-electron chi connectivity index (χ4n) is 3.33. The fraction of sp³-hybridized carbons (Fsp3) is 0.455. The number of amides is 2. The van der Waals surface area contributed by atoms with Crippen LogP contribution in [0.4, 0.5) is 0 Å². The topological polar surface area (TPSA) is 94.6 Å². The van der Waals surface area contributed by atoms with E-state index in [-0.39, 0.29) is 30.8 Å². The Morgan fingerprint density at radius 2 is 2.00 bits per heavy atom. The molecule has 12 heteroatoms. The molecule has 0 N–H and O–H groups in total. The summed E-state index contributed by atoms with van der Waals surface area (Å²) in [7, 11) is 2.83. The van der Waals surface area contributed by atoms with Gasteiger partial charge in [0, 0.05) is 26.1 Å². The fourth-order valence-corrected chi connectivity index (χ4v) is 5.21. The zero-order valence-electron chi connectivity index (χ0n) is 18.8. The number of rotatable bonds is 9. The second kappa shape index (κ2) is 12.5. The van der Waals surface area contributed by atoms with Crippen molar-refractivity contribution in [2.45, 2.75) is 12.8 Å². The summed E-state index contributed by atoms with van der Waals surface area (Å²) in [5.74, 6) is 0.149. The number of ether oxygens (including phenoxy) is 4. The number of esters is 1. The molecular formula is C22H25BrN2O7S2. The minimum atomic E-state index is -0.327. The highest BCUT2D eigenvalue weighted by Crippen LogP contribution is 2.39. The summed E-state index contributed by atoms with van der Waals surface area (Å²) in [6.45, 7) is 2.34. The molecule has 0 spiro atoms. The van der Waals surface area contributed by atoms with Gasteiger partial charge in [-0.05, 0) is 46.1 Å². The minimum absolute atomic E-state index is 0.126. The standard InChI is InChI=1S/C22H25BrN2O7S2/c1-29-16-11-14(10-15(23)20(16)32-13-18(26)24-6-8-31-9-7-24)12-17-21(28)25(22(33)34-17)5-3-4-19(27)30-2/h10-12H,3-9,13H2,1-2H3/b17-12+. The third-order valence-electron chi connectivity index (χ3n) is 5.12. The molecule has 2 saturated heterocycles. The first-order valence-corrected chi connectivity index (χ1v) is 12.5. The lowest BCUT2D eigenvalue weighted by atomic mass is 10.1. The highest BCUT2D eigenvalue weighted by Gasteiger charge is 2.32. The molecule has 1 aromatic carbocycles. The van der Waals surface area contributed by atoms with Gasteiger partial charge in [-0.15, -0.1) is 0 Å². The summed E-state index contributed by atoms with van der Waals surface area (Å²) >= 11 is 10.0. The van der Waals surface area contributed by atoms with Crippen LogP contribution in [-0.4, -0.2) is 85.6 Å². The van der Waals surface area contributed by atoms with Crippen molar-refractivity contribution in [2.24, 2.45) is 0 Å². The van der Waals surface area contributed by atoms with Crippen molar-refractivity contribution in [2.75, 3.05) is 53.7 Å². The van der Waals surface area contributed by atoms with Crippen LogP contribution in [0.3, 0.4) is 0 Å². The molecule has 0 saturated carbocycles. The molecule has 2 heterocycles. The average Bonchev–Trinajstić information content (AvgIpc) is 3.10. The zero-order chi connectivity index (χ0) is 24.7. The van der Waals surface area contributed by atoms with Crippen LogP contribution < -0.4 is 9.47 Å². The first-order chi connectivity index (χ1) is 16.3. The lowest BCUT2D eigenvalue weighted by molar-refractivity contribution is -0.141. The predicted molar refractivity (Wildman–Crippen MR) is 135 cm³/mol. The van der Waals surface area contributed by atoms with E-state index in [1.54, 1.807) is 23.1 Å². The van der Waals surface area contributed by atoms with Crippen molar-refractivity contribution in [1.82, 2.24) is 9.80 Å². The van der Waals surface area contributed by atoms with Crippen LogP contribution in [0.5, 0.6) is 11.5 Å². The summed E-state index contributed by atoms with van der Waals surface area (Å²) in [5.41, 5.74) is 0.700. The lowest BCUT2D eigenvalue weighted by Gasteiger charge is -2.27. The Morgan fingerprint density at radius 1 is 1.26 bits per heavy atom. The van der Waals surface area contributed by atoms with Gasteiger partial charge in [-0.25, -0.2) is 0 Å². The van der Waals surface area contributed by atoms with E-state index in [0.29, 0.717) is 70.0 Å². The van der Waals surface area contributed by atoms with Crippen LogP contribution in [0.15, 0.2) is 21.5 Å². The summed E-state index contributed by atoms with van der Waals surface area (Å²) in [6, 6.07) is 3.50. The van der Waals surface area contributed by atoms with Gasteiger partial charge in [-0.3, -0.25) is 19.3 Å². The number of nitrogens with zero attached hydrogens (tertiary/aromatic N) is 2. The van der Waals surface area contributed by atoms with Crippen LogP contribution in [0.25, 0.3) is 6.08 Å². The third kappa shape index (κ3) is 6.71. The van der Waals surface area contributed by atoms with E-state index in [9.17, 15) is 14.4 Å². The van der Waals surface area contributed by atoms with E-state index in [1.807, 2.05) is 0 Å². The highest BCUT2D eigenvalue weighted by molar-refractivity contribution is 9.10. The number of carbonyl (C=O) groups excluding carboxylic acids is 3. The molecule has 2 amide bonds. The van der Waals surface area contributed by atoms with Crippen LogP contribution in [0.1, 0.15) is 18.4 Å². The number of carbonyl (C=O) groups is 3. The van der Waals surface area contributed by atoms with Gasteiger partial charge in [0.25, 0.3) is 11.8 Å². The number of hydrogen-bond acceptors (Lipinski definition) is 9. The molecule has 3 rings (SSSR count). The summed E-state index contributed by atoms with van der Waals surface area (Å²) in [6.07, 6.45) is 2.39. The van der Waals surface area contributed by atoms with E-state index < -0.39 is 0 Å². The molecule has 9 nitrogen and oxygen atoms in total. The average molecular weight is 573 g/mol. The van der Waals surface area contributed by atoms with Gasteiger partial charge in [-0.1, -0.05) is 24.0 Å². The molecule has 0 atom stereocenters. The largest absolute Gasteiger partial charge is 0.493 e. The molecule has 0 radical (unpaired) electrons. The van der Waals surface area contributed by atoms with E-state index in [1.165, 1.54) is 30.9 Å². The predicted octanol–water partition coefficient (Wildman–Crippen LogP) is 2.85. The third-order valence-corrected chi connectivity index (χ3v) is 7.08. The summed E-state index contributed by atoms with van der Waals surface area (Å²) < 4.78 is 22.1. The number of methoxy groups -OCH3 is 2. The maximum Gasteiger partial charge on any atom is 0.305 e. The number of hydrogen-bond donors (Lipinski definition) is 0. The number of halogens is 1. The second-order valence-corrected chi connectivity index (χ2v) is 9.86. The van der Waals surface area contributed by atoms with Crippen molar-refractivity contribution >= 4 is 68.1 Å². The Labute approximate surface area is 215 Å². The summed E-state index contributed by atoms with van der Waals surface area (Å²) in [5, 5.41) is 0. The van der Waals surface area contributed by atoms with Crippen LogP contribution in [-0.2, 0) is 23.9 Å². The van der Waals surface area contributed by atoms with Crippen molar-refractivity contribution < 1.29 is 33.3 Å². The van der Waals surface area contributed by atoms with Gasteiger partial charge in [0.2, 0.25) is 0 Å². The molecule has 34 heavy (non-hydrogen) atoms. The zero-order valence-corrected chi connectivity index (χ0v) is 22.1. The smallest absolute Gasteiger partial charge is 0.305 e. The van der Waals surface area contributed by atoms with Gasteiger partial charge in [0.05, 0.1) is 36.8 Å². The van der Waals surface area contributed by atoms with Gasteiger partial charge < -0.3 is 23.8 Å². The van der Waals surface area contributed by atoms with Gasteiger partial charge in [-0.2, -0.15) is 0 Å². The molecule has 0 unspecified atom stereocenters. The number of morpholine rings is 1. The first-order valence-electron chi connectivity index (χ1n) is 10.5. The Balaban J connectivity index is 1.68. The monoisotopic (exact) mass is 572 g/mol. The minimum Gasteiger partial charge on any atom is -0.493 e. The SMILES string of the molecule is COC(=O)CCCN1C(=O)/C(=C\c2cc(Br)c(OCC(=O)N3CCOCC3)c(OC)c2)SC1=S. The van der Waals surface area contributed by atoms with Crippen LogP contribution in [0, 0.1) is 0 Å². The van der Waals surface area contributed by atoms with E-state index >= 15 is 0 Å². The Hall–Kier alpha value is -2.15. The van der Waals surface area contributed by atoms with Crippen molar-refractivity contribution in [3.05, 3.63) is 27.1 Å². The normalized spacial score (nSPS) is 17.3. The van der Waals surface area contributed by atoms with E-state index in [0.717, 1.165) is 0 Å². The molecule has 2 aliphatic rings. The molecule has 1 aromatic rings. The maximum atomic E-state index is 12.8. The molecule has 0 bridgehead atoms. The van der Waals surface area contributed by atoms with E-state index in [4.69, 9.17) is 26.4 Å². The summed E-state index contributed by atoms with van der Waals surface area (Å²) in [4.78, 5) is 40.2. The number of thioether (sulfide) groups is 1. The van der Waals surface area contributed by atoms with Crippen molar-refractivity contribution in [3.63, 3.8) is 0 Å². The number of benzene rings is 1. The van der Waals surface area contributed by atoms with Gasteiger partial charge in [0.15, 0.2) is 18.1 Å². The van der Waals surface area contributed by atoms with Crippen molar-refractivity contribution in [1.29, 1.82) is 0 Å². The Kier molecular flexibility index (Phi) is 9.74. The van der Waals surface area contributed by atoms with Crippen LogP contribution >= 0.6 is 39.9 Å². The molecule has 2 aliphatic heterocycles. The molecule has 184 valence electrons. The van der Waals surface area contributed by atoms with Gasteiger partial charge in [0.1, 0.15) is 4.32 Å². The Morgan fingerprint density at radius 3 is 2.68 bits per heavy atom. The number of thiocarbonyl (C=S) groups is 1. The first kappa shape index (κ1) is 26.5. The van der Waals surface area contributed by atoms with E-state index in [2.05, 4.69) is 20.7 Å².